The largest absolute Gasteiger partial charge is 0.508 e. The monoisotopic (exact) mass is 978 g/mol. The molecule has 15 nitrogen and oxygen atoms in total. The van der Waals surface area contributed by atoms with Crippen LogP contribution in [-0.2, 0) is 19.2 Å². The highest BCUT2D eigenvalue weighted by Crippen LogP contribution is 2.33. The number of amides is 3. The molecule has 0 fully saturated rings. The normalized spacial score (nSPS) is 9.63. The standard InChI is InChI=1S/C13H14N2O3S.C10H11BrO.2C5H10N2OS.C4H7ClO.CH4N2S/c1-7(2)12(18)15-13-14-10(6-19-13)9-4-3-8(16)5-11(9)17;1-7-3-4-9(8(2)5-7)10(12)6-11;2*1-3(2)4(8)7-5(6)9;1-3(2)4(5)6;2-1(3)4/h3-7,16-17H,1-2H3,(H,14,15,18);3-5H,6H2,1-2H3;2*3H,1-2H3,(H3,6,7,8,9);3H,1-2H3;(H4,2,3,4). The summed E-state index contributed by atoms with van der Waals surface area (Å²) in [7, 11) is 0. The van der Waals surface area contributed by atoms with E-state index in [0.717, 1.165) is 11.1 Å². The molecule has 59 heavy (non-hydrogen) atoms. The van der Waals surface area contributed by atoms with Crippen molar-refractivity contribution in [2.45, 2.75) is 69.2 Å². The number of thiocarbonyl (C=S) groups is 3. The Morgan fingerprint density at radius 1 is 0.763 bits per heavy atom. The molecule has 0 aliphatic rings. The first-order valence-electron chi connectivity index (χ1n) is 17.5. The van der Waals surface area contributed by atoms with E-state index in [1.165, 1.54) is 29.0 Å². The average molecular weight is 981 g/mol. The van der Waals surface area contributed by atoms with Gasteiger partial charge in [-0.05, 0) is 79.8 Å². The minimum Gasteiger partial charge on any atom is -0.508 e. The fourth-order valence-corrected chi connectivity index (χ4v) is 4.39. The highest BCUT2D eigenvalue weighted by atomic mass is 79.9. The van der Waals surface area contributed by atoms with Crippen molar-refractivity contribution in [1.29, 1.82) is 0 Å². The minimum atomic E-state index is -0.269. The zero-order valence-electron chi connectivity index (χ0n) is 34.6. The molecule has 21 heteroatoms. The van der Waals surface area contributed by atoms with Gasteiger partial charge in [0.1, 0.15) is 11.5 Å². The number of phenolic OH excluding ortho intramolecular Hbond substituents is 2. The summed E-state index contributed by atoms with van der Waals surface area (Å²) in [5.74, 6) is -0.552. The summed E-state index contributed by atoms with van der Waals surface area (Å²) in [6.07, 6.45) is 0. The number of carbonyl (C=O) groups excluding carboxylic acids is 5. The molecule has 1 heterocycles. The number of halogens is 2. The predicted molar refractivity (Wildman–Crippen MR) is 255 cm³/mol. The second-order valence-electron chi connectivity index (χ2n) is 13.1. The number of aryl methyl sites for hydroxylation is 2. The van der Waals surface area contributed by atoms with Gasteiger partial charge in [-0.2, -0.15) is 0 Å². The average Bonchev–Trinajstić information content (AvgIpc) is 3.56. The van der Waals surface area contributed by atoms with Crippen LogP contribution in [0.3, 0.4) is 0 Å². The van der Waals surface area contributed by atoms with E-state index in [-0.39, 0.29) is 79.3 Å². The fourth-order valence-electron chi connectivity index (χ4n) is 3.17. The van der Waals surface area contributed by atoms with Gasteiger partial charge in [-0.25, -0.2) is 4.98 Å². The number of ketones is 1. The fraction of sp³-hybridized carbons (Fsp3) is 0.395. The van der Waals surface area contributed by atoms with Crippen LogP contribution in [0, 0.1) is 37.5 Å². The summed E-state index contributed by atoms with van der Waals surface area (Å²) in [6.45, 7) is 18.2. The molecule has 0 spiro atoms. The molecule has 13 N–H and O–H groups in total. The van der Waals surface area contributed by atoms with Gasteiger partial charge in [-0.1, -0.05) is 95.1 Å². The van der Waals surface area contributed by atoms with Crippen molar-refractivity contribution < 1.29 is 34.2 Å². The number of alkyl halides is 1. The summed E-state index contributed by atoms with van der Waals surface area (Å²) in [4.78, 5) is 58.3. The van der Waals surface area contributed by atoms with Gasteiger partial charge < -0.3 is 49.1 Å². The molecule has 0 radical (unpaired) electrons. The molecule has 2 aromatic carbocycles. The Labute approximate surface area is 379 Å². The maximum absolute atomic E-state index is 11.5. The molecule has 0 unspecified atom stereocenters. The number of hydrogen-bond donors (Lipinski definition) is 9. The maximum Gasteiger partial charge on any atom is 0.228 e. The van der Waals surface area contributed by atoms with Crippen LogP contribution in [0.15, 0.2) is 41.8 Å². The number of thiazole rings is 1. The molecule has 328 valence electrons. The highest BCUT2D eigenvalue weighted by molar-refractivity contribution is 9.09. The van der Waals surface area contributed by atoms with Crippen LogP contribution < -0.4 is 38.9 Å². The lowest BCUT2D eigenvalue weighted by Crippen LogP contribution is -2.37. The van der Waals surface area contributed by atoms with Gasteiger partial charge in [-0.3, -0.25) is 24.0 Å². The van der Waals surface area contributed by atoms with Crippen LogP contribution in [0.1, 0.15) is 76.9 Å². The van der Waals surface area contributed by atoms with E-state index >= 15 is 0 Å². The van der Waals surface area contributed by atoms with Gasteiger partial charge in [-0.15, -0.1) is 11.3 Å². The lowest BCUT2D eigenvalue weighted by Gasteiger charge is -2.04. The molecule has 3 amide bonds. The first kappa shape index (κ1) is 59.0. The Hall–Kier alpha value is -4.34. The number of Topliss-reactive ketones (excluding diaryl/α,β-unsaturated/α-hetero) is 1. The van der Waals surface area contributed by atoms with E-state index < -0.39 is 0 Å². The van der Waals surface area contributed by atoms with Crippen molar-refractivity contribution >= 4 is 125 Å². The van der Waals surface area contributed by atoms with Gasteiger partial charge in [0.15, 0.2) is 26.3 Å². The van der Waals surface area contributed by atoms with E-state index in [9.17, 15) is 34.2 Å². The second kappa shape index (κ2) is 31.6. The van der Waals surface area contributed by atoms with E-state index in [0.29, 0.717) is 21.7 Å². The quantitative estimate of drug-likeness (QED) is 0.0519. The van der Waals surface area contributed by atoms with Gasteiger partial charge in [0.2, 0.25) is 23.0 Å². The first-order chi connectivity index (χ1) is 27.1. The number of hydrogen-bond acceptors (Lipinski definition) is 12. The van der Waals surface area contributed by atoms with Crippen LogP contribution in [0.2, 0.25) is 0 Å². The number of nitrogens with zero attached hydrogens (tertiary/aromatic N) is 1. The predicted octanol–water partition coefficient (Wildman–Crippen LogP) is 6.30. The lowest BCUT2D eigenvalue weighted by molar-refractivity contribution is -0.123. The van der Waals surface area contributed by atoms with Crippen molar-refractivity contribution in [3.8, 4) is 22.8 Å². The Morgan fingerprint density at radius 3 is 1.53 bits per heavy atom. The van der Waals surface area contributed by atoms with Crippen molar-refractivity contribution in [1.82, 2.24) is 15.6 Å². The summed E-state index contributed by atoms with van der Waals surface area (Å²) >= 11 is 22.4. The van der Waals surface area contributed by atoms with Gasteiger partial charge in [0.05, 0.1) is 11.0 Å². The zero-order valence-corrected chi connectivity index (χ0v) is 40.2. The van der Waals surface area contributed by atoms with E-state index in [2.05, 4.69) is 85.0 Å². The molecule has 0 saturated heterocycles. The van der Waals surface area contributed by atoms with Gasteiger partial charge >= 0.3 is 0 Å². The maximum atomic E-state index is 11.5. The number of aromatic nitrogens is 1. The zero-order chi connectivity index (χ0) is 46.7. The van der Waals surface area contributed by atoms with Crippen LogP contribution in [0.25, 0.3) is 11.3 Å². The molecule has 0 aliphatic carbocycles. The van der Waals surface area contributed by atoms with Gasteiger partial charge in [0, 0.05) is 46.2 Å². The van der Waals surface area contributed by atoms with E-state index in [4.69, 9.17) is 23.1 Å². The van der Waals surface area contributed by atoms with Crippen molar-refractivity contribution in [2.24, 2.45) is 46.6 Å². The molecule has 3 aromatic rings. The van der Waals surface area contributed by atoms with Crippen molar-refractivity contribution in [3.63, 3.8) is 0 Å². The number of nitrogens with two attached hydrogens (primary N) is 4. The SMILES string of the molecule is CC(C)C(=O)Cl.CC(C)C(=O)NC(N)=S.CC(C)C(=O)NC(N)=S.CC(C)C(=O)Nc1nc(-c2ccc(O)cc2O)cs1.Cc1ccc(C(=O)CBr)c(C)c1.NC(N)=S. The molecule has 1 aromatic heterocycles. The Kier molecular flexibility index (Phi) is 31.6. The van der Waals surface area contributed by atoms with Crippen LogP contribution in [-0.4, -0.2) is 64.6 Å². The van der Waals surface area contributed by atoms with Gasteiger partial charge in [0.25, 0.3) is 0 Å². The molecular formula is C38H56BrClN8O7S4. The van der Waals surface area contributed by atoms with E-state index in [1.807, 2.05) is 32.0 Å². The summed E-state index contributed by atoms with van der Waals surface area (Å²) in [6, 6.07) is 10.2. The second-order valence-corrected chi connectivity index (χ2v) is 16.3. The van der Waals surface area contributed by atoms with Crippen molar-refractivity contribution in [3.05, 3.63) is 58.5 Å². The Bertz CT molecular complexity index is 1840. The third kappa shape index (κ3) is 30.4. The Morgan fingerprint density at radius 2 is 1.20 bits per heavy atom. The number of nitrogens with one attached hydrogen (secondary N) is 3. The lowest BCUT2D eigenvalue weighted by atomic mass is 10.0. The molecule has 0 saturated carbocycles. The number of carbonyl (C=O) groups is 5. The number of rotatable bonds is 8. The number of phenols is 2. The van der Waals surface area contributed by atoms with E-state index in [1.54, 1.807) is 66.8 Å². The van der Waals surface area contributed by atoms with Crippen LogP contribution in [0.4, 0.5) is 5.13 Å². The third-order valence-electron chi connectivity index (χ3n) is 6.32. The summed E-state index contributed by atoms with van der Waals surface area (Å²) < 4.78 is 0. The van der Waals surface area contributed by atoms with Crippen molar-refractivity contribution in [2.75, 3.05) is 10.6 Å². The number of aromatic hydroxyl groups is 2. The summed E-state index contributed by atoms with van der Waals surface area (Å²) in [5, 5.41) is 28.7. The molecule has 0 bridgehead atoms. The number of anilines is 1. The third-order valence-corrected chi connectivity index (χ3v) is 8.22. The topological polar surface area (TPSA) is 279 Å². The summed E-state index contributed by atoms with van der Waals surface area (Å²) in [5.41, 5.74) is 23.4. The molecule has 3 rings (SSSR count). The Balaban J connectivity index is -0.000000686. The molecular weight excluding hydrogens is 924 g/mol. The first-order valence-corrected chi connectivity index (χ1v) is 21.1. The van der Waals surface area contributed by atoms with Crippen LogP contribution in [0.5, 0.6) is 11.5 Å². The highest BCUT2D eigenvalue weighted by Gasteiger charge is 2.13. The minimum absolute atomic E-state index is 0.000000000000000222. The van der Waals surface area contributed by atoms with Crippen LogP contribution >= 0.6 is 75.5 Å². The molecule has 0 aliphatic heterocycles. The number of benzene rings is 2. The smallest absolute Gasteiger partial charge is 0.228 e. The molecule has 0 atom stereocenters.